The van der Waals surface area contributed by atoms with E-state index in [2.05, 4.69) is 12.0 Å². The topological polar surface area (TPSA) is 51.3 Å². The number of amides is 1. The quantitative estimate of drug-likeness (QED) is 0.839. The molecule has 5 nitrogen and oxygen atoms in total. The molecule has 130 valence electrons. The van der Waals surface area contributed by atoms with Gasteiger partial charge >= 0.3 is 6.18 Å². The maximum absolute atomic E-state index is 12.5. The fraction of sp³-hybridized carbons (Fsp3) is 0.500. The van der Waals surface area contributed by atoms with Gasteiger partial charge in [0.05, 0.1) is 6.54 Å². The Morgan fingerprint density at radius 3 is 2.71 bits per heavy atom. The first-order valence-electron chi connectivity index (χ1n) is 7.67. The number of furan rings is 1. The number of likely N-dealkylation sites (N-methyl/N-ethyl adjacent to an activating group) is 1. The summed E-state index contributed by atoms with van der Waals surface area (Å²) < 4.78 is 44.2. The number of carbonyl (C=O) groups is 1. The number of halogens is 3. The summed E-state index contributed by atoms with van der Waals surface area (Å²) in [7, 11) is 1.58. The van der Waals surface area contributed by atoms with Crippen molar-refractivity contribution in [2.45, 2.75) is 38.5 Å². The Labute approximate surface area is 137 Å². The van der Waals surface area contributed by atoms with E-state index in [1.807, 2.05) is 12.1 Å². The predicted octanol–water partition coefficient (Wildman–Crippen LogP) is 3.28. The highest BCUT2D eigenvalue weighted by molar-refractivity contribution is 5.75. The van der Waals surface area contributed by atoms with Crippen LogP contribution in [0.2, 0.25) is 0 Å². The first-order valence-corrected chi connectivity index (χ1v) is 7.67. The van der Waals surface area contributed by atoms with Gasteiger partial charge < -0.3 is 9.32 Å². The van der Waals surface area contributed by atoms with E-state index in [0.717, 1.165) is 29.1 Å². The van der Waals surface area contributed by atoms with Gasteiger partial charge in [-0.1, -0.05) is 6.92 Å². The molecule has 1 saturated carbocycles. The third-order valence-corrected chi connectivity index (χ3v) is 4.20. The van der Waals surface area contributed by atoms with Crippen LogP contribution in [0.5, 0.6) is 0 Å². The summed E-state index contributed by atoms with van der Waals surface area (Å²) in [5, 5.41) is 3.38. The molecule has 1 aliphatic rings. The van der Waals surface area contributed by atoms with E-state index < -0.39 is 11.9 Å². The highest BCUT2D eigenvalue weighted by atomic mass is 19.4. The van der Waals surface area contributed by atoms with E-state index in [9.17, 15) is 18.0 Å². The first kappa shape index (κ1) is 16.6. The lowest BCUT2D eigenvalue weighted by molar-refractivity contribution is -0.142. The van der Waals surface area contributed by atoms with Crippen molar-refractivity contribution in [2.24, 2.45) is 5.92 Å². The zero-order valence-corrected chi connectivity index (χ0v) is 13.4. The fourth-order valence-corrected chi connectivity index (χ4v) is 2.58. The molecule has 3 rings (SSSR count). The third kappa shape index (κ3) is 3.63. The average Bonchev–Trinajstić information content (AvgIpc) is 2.92. The molecule has 0 spiro atoms. The summed E-state index contributed by atoms with van der Waals surface area (Å²) in [6.45, 7) is 2.18. The molecule has 0 saturated heterocycles. The molecule has 0 radical (unpaired) electrons. The Bertz CT molecular complexity index is 735. The molecule has 0 bridgehead atoms. The monoisotopic (exact) mass is 341 g/mol. The second-order valence-corrected chi connectivity index (χ2v) is 6.27. The predicted molar refractivity (Wildman–Crippen MR) is 78.9 cm³/mol. The van der Waals surface area contributed by atoms with Crippen LogP contribution in [0.4, 0.5) is 13.2 Å². The minimum absolute atomic E-state index is 0.250. The van der Waals surface area contributed by atoms with Crippen molar-refractivity contribution < 1.29 is 22.4 Å². The summed E-state index contributed by atoms with van der Waals surface area (Å²) in [6.07, 6.45) is -2.25. The Balaban J connectivity index is 1.56. The van der Waals surface area contributed by atoms with Crippen molar-refractivity contribution in [3.8, 4) is 0 Å². The van der Waals surface area contributed by atoms with Crippen molar-refractivity contribution in [3.05, 3.63) is 41.6 Å². The summed E-state index contributed by atoms with van der Waals surface area (Å²) in [5.41, 5.74) is -1.01. The second kappa shape index (κ2) is 5.99. The fourth-order valence-electron chi connectivity index (χ4n) is 2.58. The largest absolute Gasteiger partial charge is 0.464 e. The smallest absolute Gasteiger partial charge is 0.435 e. The van der Waals surface area contributed by atoms with Crippen LogP contribution >= 0.6 is 0 Å². The van der Waals surface area contributed by atoms with Gasteiger partial charge in [-0.25, -0.2) is 0 Å². The summed E-state index contributed by atoms with van der Waals surface area (Å²) >= 11 is 0. The second-order valence-electron chi connectivity index (χ2n) is 6.27. The van der Waals surface area contributed by atoms with Crippen molar-refractivity contribution in [1.29, 1.82) is 0 Å². The Hall–Kier alpha value is -2.25. The molecule has 0 aromatic carbocycles. The maximum Gasteiger partial charge on any atom is 0.435 e. The van der Waals surface area contributed by atoms with Gasteiger partial charge in [-0.3, -0.25) is 9.48 Å². The van der Waals surface area contributed by atoms with Crippen molar-refractivity contribution >= 4 is 5.91 Å². The molecule has 2 atom stereocenters. The molecular weight excluding hydrogens is 323 g/mol. The number of hydrogen-bond donors (Lipinski definition) is 0. The van der Waals surface area contributed by atoms with Crippen molar-refractivity contribution in [3.63, 3.8) is 0 Å². The van der Waals surface area contributed by atoms with Gasteiger partial charge in [0.25, 0.3) is 0 Å². The lowest BCUT2D eigenvalue weighted by Gasteiger charge is -2.15. The van der Waals surface area contributed by atoms with E-state index >= 15 is 0 Å². The van der Waals surface area contributed by atoms with Crippen LogP contribution in [-0.4, -0.2) is 27.6 Å². The standard InChI is InChI=1S/C16H18F3N3O2/c1-10-7-12(10)13-4-3-11(24-13)8-21(2)15(23)9-22-6-5-14(20-22)16(17,18)19/h3-6,10,12H,7-9H2,1-2H3/t10-,12+/m1/s1. The summed E-state index contributed by atoms with van der Waals surface area (Å²) in [4.78, 5) is 13.5. The van der Waals surface area contributed by atoms with Gasteiger partial charge in [0, 0.05) is 19.2 Å². The van der Waals surface area contributed by atoms with Crippen LogP contribution in [0.25, 0.3) is 0 Å². The van der Waals surface area contributed by atoms with E-state index in [0.29, 0.717) is 17.6 Å². The Kier molecular flexibility index (Phi) is 4.15. The van der Waals surface area contributed by atoms with E-state index in [-0.39, 0.29) is 19.0 Å². The molecule has 1 amide bonds. The lowest BCUT2D eigenvalue weighted by atomic mass is 10.3. The molecule has 2 aromatic heterocycles. The van der Waals surface area contributed by atoms with Crippen LogP contribution in [-0.2, 0) is 24.1 Å². The third-order valence-electron chi connectivity index (χ3n) is 4.20. The van der Waals surface area contributed by atoms with Gasteiger partial charge in [0.1, 0.15) is 18.1 Å². The minimum atomic E-state index is -4.51. The van der Waals surface area contributed by atoms with E-state index in [1.165, 1.54) is 4.90 Å². The van der Waals surface area contributed by atoms with E-state index in [1.54, 1.807) is 7.05 Å². The van der Waals surface area contributed by atoms with Gasteiger partial charge in [-0.2, -0.15) is 18.3 Å². The van der Waals surface area contributed by atoms with Crippen LogP contribution in [0.3, 0.4) is 0 Å². The average molecular weight is 341 g/mol. The van der Waals surface area contributed by atoms with Gasteiger partial charge in [-0.15, -0.1) is 0 Å². The molecule has 0 N–H and O–H groups in total. The molecule has 8 heteroatoms. The first-order chi connectivity index (χ1) is 11.2. The van der Waals surface area contributed by atoms with Gasteiger partial charge in [0.15, 0.2) is 5.69 Å². The molecule has 0 aliphatic heterocycles. The maximum atomic E-state index is 12.5. The Morgan fingerprint density at radius 2 is 2.12 bits per heavy atom. The molecule has 2 heterocycles. The highest BCUT2D eigenvalue weighted by Gasteiger charge is 2.36. The van der Waals surface area contributed by atoms with Crippen LogP contribution < -0.4 is 0 Å². The van der Waals surface area contributed by atoms with Crippen molar-refractivity contribution in [2.75, 3.05) is 7.05 Å². The molecular formula is C16H18F3N3O2. The van der Waals surface area contributed by atoms with Gasteiger partial charge in [0.2, 0.25) is 5.91 Å². The molecule has 2 aromatic rings. The van der Waals surface area contributed by atoms with Crippen LogP contribution in [0.15, 0.2) is 28.8 Å². The minimum Gasteiger partial charge on any atom is -0.464 e. The zero-order chi connectivity index (χ0) is 17.5. The lowest BCUT2D eigenvalue weighted by Crippen LogP contribution is -2.30. The van der Waals surface area contributed by atoms with Crippen LogP contribution in [0.1, 0.15) is 36.5 Å². The number of alkyl halides is 3. The van der Waals surface area contributed by atoms with Crippen LogP contribution in [0, 0.1) is 5.92 Å². The zero-order valence-electron chi connectivity index (χ0n) is 13.4. The van der Waals surface area contributed by atoms with E-state index in [4.69, 9.17) is 4.42 Å². The molecule has 1 fully saturated rings. The highest BCUT2D eigenvalue weighted by Crippen LogP contribution is 2.47. The molecule has 1 aliphatic carbocycles. The number of carbonyl (C=O) groups excluding carboxylic acids is 1. The summed E-state index contributed by atoms with van der Waals surface area (Å²) in [5.74, 6) is 2.34. The van der Waals surface area contributed by atoms with Crippen molar-refractivity contribution in [1.82, 2.24) is 14.7 Å². The number of nitrogens with zero attached hydrogens (tertiary/aromatic N) is 3. The Morgan fingerprint density at radius 1 is 1.42 bits per heavy atom. The number of rotatable bonds is 5. The molecule has 24 heavy (non-hydrogen) atoms. The number of hydrogen-bond acceptors (Lipinski definition) is 3. The number of aromatic nitrogens is 2. The summed E-state index contributed by atoms with van der Waals surface area (Å²) in [6, 6.07) is 4.60. The SMILES string of the molecule is C[C@@H]1C[C@@H]1c1ccc(CN(C)C(=O)Cn2ccc(C(F)(F)F)n2)o1. The normalized spacial score (nSPS) is 20.2. The van der Waals surface area contributed by atoms with Gasteiger partial charge in [-0.05, 0) is 30.5 Å². The molecule has 0 unspecified atom stereocenters.